The van der Waals surface area contributed by atoms with Crippen molar-refractivity contribution in [2.45, 2.75) is 82.8 Å². The van der Waals surface area contributed by atoms with Crippen LogP contribution in [-0.2, 0) is 34.3 Å². The van der Waals surface area contributed by atoms with E-state index in [0.717, 1.165) is 11.2 Å². The van der Waals surface area contributed by atoms with Crippen molar-refractivity contribution in [2.75, 3.05) is 19.9 Å². The third-order valence-electron chi connectivity index (χ3n) is 6.67. The topological polar surface area (TPSA) is 134 Å². The molecule has 1 aromatic heterocycles. The van der Waals surface area contributed by atoms with Crippen LogP contribution in [0.5, 0.6) is 0 Å². The Morgan fingerprint density at radius 3 is 2.05 bits per heavy atom. The molecule has 3 atom stereocenters. The van der Waals surface area contributed by atoms with Crippen molar-refractivity contribution in [2.24, 2.45) is 11.8 Å². The smallest absolute Gasteiger partial charge is 0.419 e. The predicted molar refractivity (Wildman–Crippen MR) is 151 cm³/mol. The normalized spacial score (nSPS) is 19.7. The lowest BCUT2D eigenvalue weighted by molar-refractivity contribution is -0.144. The largest absolute Gasteiger partial charge is 0.468 e. The average Bonchev–Trinajstić information content (AvgIpc) is 3.31. The minimum atomic E-state index is -3.33. The molecule has 11 nitrogen and oxygen atoms in total. The van der Waals surface area contributed by atoms with E-state index in [9.17, 15) is 22.8 Å². The van der Waals surface area contributed by atoms with Crippen LogP contribution >= 0.6 is 0 Å². The van der Waals surface area contributed by atoms with Gasteiger partial charge >= 0.3 is 18.2 Å². The van der Waals surface area contributed by atoms with Crippen LogP contribution in [-0.4, -0.2) is 72.1 Å². The fourth-order valence-electron chi connectivity index (χ4n) is 4.75. The number of carbonyl (C=O) groups excluding carboxylic acids is 3. The third-order valence-corrected chi connectivity index (χ3v) is 7.79. The summed E-state index contributed by atoms with van der Waals surface area (Å²) in [6.07, 6.45) is 3.86. The second-order valence-electron chi connectivity index (χ2n) is 12.7. The molecule has 1 fully saturated rings. The Balaban J connectivity index is 1.79. The van der Waals surface area contributed by atoms with Gasteiger partial charge in [0.2, 0.25) is 0 Å². The lowest BCUT2D eigenvalue weighted by atomic mass is 9.94. The lowest BCUT2D eigenvalue weighted by Crippen LogP contribution is -2.45. The van der Waals surface area contributed by atoms with Crippen LogP contribution in [0, 0.1) is 11.8 Å². The van der Waals surface area contributed by atoms with E-state index in [4.69, 9.17) is 14.2 Å². The first-order valence-corrected chi connectivity index (χ1v) is 15.3. The standard InChI is InChI=1S/C29H41N3O8S/c1-19(16-32(25(34)39-27(2,3)4)26(35)40-28(5,6)7)14-20-15-29(20,24(33)38-8)23-17-31(18-30-23)21-10-12-22(13-11-21)41(9,36)37/h10-13,17-20H,14-16H2,1-9H3/t19?,20-,29+/m0/s1. The Hall–Kier alpha value is -3.41. The molecule has 0 spiro atoms. The maximum Gasteiger partial charge on any atom is 0.419 e. The number of methoxy groups -OCH3 is 1. The molecule has 3 rings (SSSR count). The minimum absolute atomic E-state index is 0.0404. The Bertz CT molecular complexity index is 1360. The first kappa shape index (κ1) is 32.1. The van der Waals surface area contributed by atoms with E-state index in [1.807, 2.05) is 6.92 Å². The Morgan fingerprint density at radius 1 is 1.05 bits per heavy atom. The molecule has 0 saturated heterocycles. The number of hydrogen-bond donors (Lipinski definition) is 0. The number of hydrogen-bond acceptors (Lipinski definition) is 9. The Kier molecular flexibility index (Phi) is 8.98. The Morgan fingerprint density at radius 2 is 1.59 bits per heavy atom. The molecule has 1 saturated carbocycles. The average molecular weight is 592 g/mol. The molecular weight excluding hydrogens is 550 g/mol. The minimum Gasteiger partial charge on any atom is -0.468 e. The fraction of sp³-hybridized carbons (Fsp3) is 0.586. The van der Waals surface area contributed by atoms with Gasteiger partial charge in [-0.15, -0.1) is 0 Å². The number of carbonyl (C=O) groups is 3. The number of imide groups is 1. The van der Waals surface area contributed by atoms with E-state index in [2.05, 4.69) is 4.98 Å². The van der Waals surface area contributed by atoms with Gasteiger partial charge in [-0.3, -0.25) is 4.79 Å². The zero-order valence-electron chi connectivity index (χ0n) is 25.3. The molecule has 1 unspecified atom stereocenters. The summed E-state index contributed by atoms with van der Waals surface area (Å²) in [5, 5.41) is 0. The number of rotatable bonds is 8. The summed E-state index contributed by atoms with van der Waals surface area (Å²) in [7, 11) is -2.00. The molecule has 41 heavy (non-hydrogen) atoms. The van der Waals surface area contributed by atoms with E-state index in [-0.39, 0.29) is 23.3 Å². The molecule has 0 bridgehead atoms. The van der Waals surface area contributed by atoms with E-state index in [0.29, 0.717) is 24.2 Å². The molecule has 12 heteroatoms. The van der Waals surface area contributed by atoms with Crippen molar-refractivity contribution in [1.82, 2.24) is 14.5 Å². The number of imidazole rings is 1. The molecular formula is C29H41N3O8S. The van der Waals surface area contributed by atoms with Crippen molar-refractivity contribution < 1.29 is 37.0 Å². The number of benzene rings is 1. The number of aromatic nitrogens is 2. The van der Waals surface area contributed by atoms with Gasteiger partial charge in [0.25, 0.3) is 0 Å². The number of esters is 1. The summed E-state index contributed by atoms with van der Waals surface area (Å²) in [6, 6.07) is 6.37. The van der Waals surface area contributed by atoms with Crippen LogP contribution in [0.2, 0.25) is 0 Å². The SMILES string of the molecule is COC(=O)[C@]1(c2cn(-c3ccc(S(C)(=O)=O)cc3)cn2)C[C@@H]1CC(C)CN(C(=O)OC(C)(C)C)C(=O)OC(C)(C)C. The van der Waals surface area contributed by atoms with Crippen LogP contribution in [0.4, 0.5) is 9.59 Å². The van der Waals surface area contributed by atoms with Crippen LogP contribution in [0.25, 0.3) is 5.69 Å². The lowest BCUT2D eigenvalue weighted by Gasteiger charge is -2.30. The third kappa shape index (κ3) is 7.87. The van der Waals surface area contributed by atoms with Crippen molar-refractivity contribution in [1.29, 1.82) is 0 Å². The van der Waals surface area contributed by atoms with Gasteiger partial charge in [-0.2, -0.15) is 0 Å². The molecule has 1 aromatic carbocycles. The number of amides is 2. The highest BCUT2D eigenvalue weighted by molar-refractivity contribution is 7.90. The van der Waals surface area contributed by atoms with Gasteiger partial charge in [0.05, 0.1) is 24.0 Å². The second-order valence-corrected chi connectivity index (χ2v) is 14.7. The summed E-state index contributed by atoms with van der Waals surface area (Å²) in [5.74, 6) is -0.749. The highest BCUT2D eigenvalue weighted by Gasteiger charge is 2.63. The molecule has 0 N–H and O–H groups in total. The van der Waals surface area contributed by atoms with Crippen molar-refractivity contribution in [3.8, 4) is 5.69 Å². The molecule has 0 radical (unpaired) electrons. The van der Waals surface area contributed by atoms with Gasteiger partial charge < -0.3 is 18.8 Å². The van der Waals surface area contributed by atoms with Gasteiger partial charge in [-0.25, -0.2) is 27.9 Å². The van der Waals surface area contributed by atoms with Crippen molar-refractivity contribution in [3.63, 3.8) is 0 Å². The molecule has 1 aliphatic rings. The predicted octanol–water partition coefficient (Wildman–Crippen LogP) is 4.90. The summed E-state index contributed by atoms with van der Waals surface area (Å²) in [4.78, 5) is 44.6. The van der Waals surface area contributed by atoms with Gasteiger partial charge in [0.15, 0.2) is 9.84 Å². The zero-order chi connectivity index (χ0) is 31.0. The van der Waals surface area contributed by atoms with E-state index in [1.54, 1.807) is 70.8 Å². The van der Waals surface area contributed by atoms with Crippen LogP contribution < -0.4 is 0 Å². The Labute approximate surface area is 242 Å². The van der Waals surface area contributed by atoms with Crippen LogP contribution in [0.1, 0.15) is 67.0 Å². The summed E-state index contributed by atoms with van der Waals surface area (Å²) in [5.41, 5.74) is -1.36. The highest BCUT2D eigenvalue weighted by Crippen LogP contribution is 2.57. The maximum absolute atomic E-state index is 13.0. The second kappa shape index (κ2) is 11.5. The zero-order valence-corrected chi connectivity index (χ0v) is 26.1. The van der Waals surface area contributed by atoms with E-state index in [1.165, 1.54) is 19.2 Å². The van der Waals surface area contributed by atoms with Crippen molar-refractivity contribution >= 4 is 28.0 Å². The first-order valence-electron chi connectivity index (χ1n) is 13.4. The molecule has 1 heterocycles. The molecule has 1 aliphatic carbocycles. The van der Waals surface area contributed by atoms with Crippen LogP contribution in [0.15, 0.2) is 41.7 Å². The van der Waals surface area contributed by atoms with Gasteiger partial charge in [0.1, 0.15) is 16.6 Å². The quantitative estimate of drug-likeness (QED) is 0.310. The number of nitrogens with zero attached hydrogens (tertiary/aromatic N) is 3. The molecule has 0 aliphatic heterocycles. The summed E-state index contributed by atoms with van der Waals surface area (Å²) >= 11 is 0. The summed E-state index contributed by atoms with van der Waals surface area (Å²) in [6.45, 7) is 12.2. The van der Waals surface area contributed by atoms with Gasteiger partial charge in [-0.05, 0) is 90.5 Å². The number of sulfone groups is 1. The van der Waals surface area contributed by atoms with Crippen LogP contribution in [0.3, 0.4) is 0 Å². The van der Waals surface area contributed by atoms with Gasteiger partial charge in [-0.1, -0.05) is 6.92 Å². The molecule has 226 valence electrons. The fourth-order valence-corrected chi connectivity index (χ4v) is 5.38. The van der Waals surface area contributed by atoms with Crippen molar-refractivity contribution in [3.05, 3.63) is 42.5 Å². The summed E-state index contributed by atoms with van der Waals surface area (Å²) < 4.78 is 41.4. The highest BCUT2D eigenvalue weighted by atomic mass is 32.2. The molecule has 2 amide bonds. The molecule has 2 aromatic rings. The first-order chi connectivity index (χ1) is 18.8. The number of ether oxygens (including phenoxy) is 3. The van der Waals surface area contributed by atoms with E-state index < -0.39 is 44.6 Å². The maximum atomic E-state index is 13.0. The van der Waals surface area contributed by atoms with Gasteiger partial charge in [0, 0.05) is 24.7 Å². The monoisotopic (exact) mass is 591 g/mol. The van der Waals surface area contributed by atoms with E-state index >= 15 is 0 Å².